The molecule has 7 heteroatoms. The number of hydrazine groups is 1. The molecule has 0 aliphatic rings. The standard InChI is InChI=1S/C14H16FN3O2S/c15-12-5-3-4-11(10-12)8-9-17-21(19,20)14-7-2-1-6-13(14)18-16/h1-7,10,17-18H,8-9,16H2. The SMILES string of the molecule is NNc1ccccc1S(=O)(=O)NCCc1cccc(F)c1. The third-order valence-corrected chi connectivity index (χ3v) is 4.45. The predicted molar refractivity (Wildman–Crippen MR) is 79.5 cm³/mol. The Labute approximate surface area is 123 Å². The van der Waals surface area contributed by atoms with Crippen molar-refractivity contribution in [3.8, 4) is 0 Å². The van der Waals surface area contributed by atoms with Crippen LogP contribution in [0.4, 0.5) is 10.1 Å². The number of sulfonamides is 1. The molecule has 21 heavy (non-hydrogen) atoms. The Morgan fingerprint density at radius 1 is 1.10 bits per heavy atom. The van der Waals surface area contributed by atoms with Crippen LogP contribution in [-0.2, 0) is 16.4 Å². The number of para-hydroxylation sites is 1. The zero-order valence-corrected chi connectivity index (χ0v) is 12.0. The van der Waals surface area contributed by atoms with E-state index in [1.54, 1.807) is 30.3 Å². The molecule has 112 valence electrons. The third-order valence-electron chi connectivity index (χ3n) is 2.93. The van der Waals surface area contributed by atoms with Crippen molar-refractivity contribution in [1.29, 1.82) is 0 Å². The number of benzene rings is 2. The number of halogens is 1. The van der Waals surface area contributed by atoms with Crippen LogP contribution >= 0.6 is 0 Å². The third kappa shape index (κ3) is 4.01. The molecule has 0 bridgehead atoms. The van der Waals surface area contributed by atoms with Crippen molar-refractivity contribution in [1.82, 2.24) is 4.72 Å². The Morgan fingerprint density at radius 3 is 2.57 bits per heavy atom. The Hall–Kier alpha value is -1.96. The van der Waals surface area contributed by atoms with Gasteiger partial charge in [-0.15, -0.1) is 0 Å². The molecule has 2 rings (SSSR count). The summed E-state index contributed by atoms with van der Waals surface area (Å²) in [5.74, 6) is 4.96. The highest BCUT2D eigenvalue weighted by Crippen LogP contribution is 2.19. The van der Waals surface area contributed by atoms with Gasteiger partial charge in [-0.25, -0.2) is 17.5 Å². The lowest BCUT2D eigenvalue weighted by molar-refractivity contribution is 0.581. The maximum atomic E-state index is 13.0. The van der Waals surface area contributed by atoms with Crippen LogP contribution in [0.5, 0.6) is 0 Å². The van der Waals surface area contributed by atoms with E-state index >= 15 is 0 Å². The van der Waals surface area contributed by atoms with Crippen molar-refractivity contribution in [2.24, 2.45) is 5.84 Å². The normalized spacial score (nSPS) is 11.3. The Kier molecular flexibility index (Phi) is 4.89. The second-order valence-corrected chi connectivity index (χ2v) is 6.15. The van der Waals surface area contributed by atoms with Gasteiger partial charge in [-0.05, 0) is 36.2 Å². The number of nitrogen functional groups attached to an aromatic ring is 1. The zero-order chi connectivity index (χ0) is 15.3. The van der Waals surface area contributed by atoms with Gasteiger partial charge in [0.05, 0.1) is 5.69 Å². The summed E-state index contributed by atoms with van der Waals surface area (Å²) in [5, 5.41) is 0. The van der Waals surface area contributed by atoms with Crippen molar-refractivity contribution >= 4 is 15.7 Å². The fraction of sp³-hybridized carbons (Fsp3) is 0.143. The lowest BCUT2D eigenvalue weighted by Crippen LogP contribution is -2.27. The van der Waals surface area contributed by atoms with Crippen LogP contribution in [0.25, 0.3) is 0 Å². The predicted octanol–water partition coefficient (Wildman–Crippen LogP) is 1.63. The summed E-state index contributed by atoms with van der Waals surface area (Å²) >= 11 is 0. The Bertz CT molecular complexity index is 720. The second-order valence-electron chi connectivity index (χ2n) is 4.42. The molecule has 0 heterocycles. The summed E-state index contributed by atoms with van der Waals surface area (Å²) < 4.78 is 39.9. The molecular formula is C14H16FN3O2S. The van der Waals surface area contributed by atoms with Gasteiger partial charge in [0.25, 0.3) is 0 Å². The molecule has 2 aromatic carbocycles. The van der Waals surface area contributed by atoms with Crippen molar-refractivity contribution in [3.05, 3.63) is 59.9 Å². The number of anilines is 1. The van der Waals surface area contributed by atoms with Gasteiger partial charge in [0.1, 0.15) is 10.7 Å². The molecule has 0 aliphatic carbocycles. The second kappa shape index (κ2) is 6.66. The summed E-state index contributed by atoms with van der Waals surface area (Å²) in [6, 6.07) is 12.4. The molecule has 0 amide bonds. The van der Waals surface area contributed by atoms with E-state index in [0.29, 0.717) is 12.1 Å². The lowest BCUT2D eigenvalue weighted by atomic mass is 10.1. The monoisotopic (exact) mass is 309 g/mol. The van der Waals surface area contributed by atoms with Crippen LogP contribution < -0.4 is 16.0 Å². The first-order valence-corrected chi connectivity index (χ1v) is 7.81. The van der Waals surface area contributed by atoms with E-state index in [2.05, 4.69) is 10.1 Å². The fourth-order valence-corrected chi connectivity index (χ4v) is 3.12. The number of hydrogen-bond acceptors (Lipinski definition) is 4. The first kappa shape index (κ1) is 15.4. The molecular weight excluding hydrogens is 293 g/mol. The summed E-state index contributed by atoms with van der Waals surface area (Å²) in [6.07, 6.45) is 0.398. The molecule has 5 nitrogen and oxygen atoms in total. The minimum absolute atomic E-state index is 0.0757. The highest BCUT2D eigenvalue weighted by atomic mass is 32.2. The molecule has 4 N–H and O–H groups in total. The van der Waals surface area contributed by atoms with Crippen LogP contribution in [0, 0.1) is 5.82 Å². The molecule has 0 aliphatic heterocycles. The molecule has 0 radical (unpaired) electrons. The highest BCUT2D eigenvalue weighted by Gasteiger charge is 2.17. The molecule has 0 aromatic heterocycles. The summed E-state index contributed by atoms with van der Waals surface area (Å²) in [6.45, 7) is 0.171. The minimum Gasteiger partial charge on any atom is -0.323 e. The summed E-state index contributed by atoms with van der Waals surface area (Å²) in [7, 11) is -3.67. The highest BCUT2D eigenvalue weighted by molar-refractivity contribution is 7.89. The maximum Gasteiger partial charge on any atom is 0.242 e. The van der Waals surface area contributed by atoms with Crippen LogP contribution in [0.2, 0.25) is 0 Å². The number of rotatable bonds is 6. The van der Waals surface area contributed by atoms with Gasteiger partial charge in [0.2, 0.25) is 10.0 Å². The smallest absolute Gasteiger partial charge is 0.242 e. The quantitative estimate of drug-likeness (QED) is 0.559. The average Bonchev–Trinajstić information content (AvgIpc) is 2.47. The van der Waals surface area contributed by atoms with Crippen molar-refractivity contribution in [3.63, 3.8) is 0 Å². The number of hydrogen-bond donors (Lipinski definition) is 3. The molecule has 0 saturated heterocycles. The van der Waals surface area contributed by atoms with Gasteiger partial charge < -0.3 is 5.43 Å². The topological polar surface area (TPSA) is 84.2 Å². The van der Waals surface area contributed by atoms with Crippen LogP contribution in [0.3, 0.4) is 0 Å². The molecule has 2 aromatic rings. The first-order valence-electron chi connectivity index (χ1n) is 6.33. The van der Waals surface area contributed by atoms with Crippen LogP contribution in [0.1, 0.15) is 5.56 Å². The van der Waals surface area contributed by atoms with Gasteiger partial charge in [0, 0.05) is 6.54 Å². The minimum atomic E-state index is -3.67. The van der Waals surface area contributed by atoms with Crippen LogP contribution in [0.15, 0.2) is 53.4 Å². The van der Waals surface area contributed by atoms with Crippen LogP contribution in [-0.4, -0.2) is 15.0 Å². The van der Waals surface area contributed by atoms with Crippen molar-refractivity contribution in [2.75, 3.05) is 12.0 Å². The van der Waals surface area contributed by atoms with Gasteiger partial charge in [-0.3, -0.25) is 5.84 Å². The van der Waals surface area contributed by atoms with Gasteiger partial charge in [-0.2, -0.15) is 0 Å². The van der Waals surface area contributed by atoms with E-state index < -0.39 is 10.0 Å². The maximum absolute atomic E-state index is 13.0. The first-order chi connectivity index (χ1) is 10.0. The molecule has 0 saturated carbocycles. The molecule has 0 spiro atoms. The van der Waals surface area contributed by atoms with Crippen molar-refractivity contribution < 1.29 is 12.8 Å². The van der Waals surface area contributed by atoms with Gasteiger partial charge in [-0.1, -0.05) is 24.3 Å². The largest absolute Gasteiger partial charge is 0.323 e. The van der Waals surface area contributed by atoms with Gasteiger partial charge in [0.15, 0.2) is 0 Å². The summed E-state index contributed by atoms with van der Waals surface area (Å²) in [5.41, 5.74) is 3.39. The van der Waals surface area contributed by atoms with E-state index in [1.807, 2.05) is 0 Å². The van der Waals surface area contributed by atoms with Gasteiger partial charge >= 0.3 is 0 Å². The lowest BCUT2D eigenvalue weighted by Gasteiger charge is -2.10. The molecule has 0 fully saturated rings. The van der Waals surface area contributed by atoms with E-state index in [9.17, 15) is 12.8 Å². The Morgan fingerprint density at radius 2 is 1.86 bits per heavy atom. The van der Waals surface area contributed by atoms with E-state index in [-0.39, 0.29) is 17.3 Å². The zero-order valence-electron chi connectivity index (χ0n) is 11.2. The molecule has 0 unspecified atom stereocenters. The fourth-order valence-electron chi connectivity index (χ4n) is 1.92. The van der Waals surface area contributed by atoms with Crippen molar-refractivity contribution in [2.45, 2.75) is 11.3 Å². The molecule has 0 atom stereocenters. The van der Waals surface area contributed by atoms with E-state index in [1.165, 1.54) is 18.2 Å². The summed E-state index contributed by atoms with van der Waals surface area (Å²) in [4.78, 5) is 0.0757. The van der Waals surface area contributed by atoms with E-state index in [0.717, 1.165) is 5.56 Å². The van der Waals surface area contributed by atoms with E-state index in [4.69, 9.17) is 5.84 Å². The number of nitrogens with two attached hydrogens (primary N) is 1. The average molecular weight is 309 g/mol. The Balaban J connectivity index is 2.05. The number of nitrogens with one attached hydrogen (secondary N) is 2.